The number of hydrogen-bond donors (Lipinski definition) is 0. The van der Waals surface area contributed by atoms with Crippen molar-refractivity contribution in [1.29, 1.82) is 0 Å². The van der Waals surface area contributed by atoms with E-state index < -0.39 is 0 Å². The minimum atomic E-state index is 0.598. The molecule has 0 bridgehead atoms. The Morgan fingerprint density at radius 1 is 0.434 bits per heavy atom. The highest BCUT2D eigenvalue weighted by molar-refractivity contribution is 6.25. The van der Waals surface area contributed by atoms with Crippen molar-refractivity contribution in [3.8, 4) is 39.9 Å². The van der Waals surface area contributed by atoms with E-state index in [0.717, 1.165) is 40.6 Å². The molecule has 4 heteroatoms. The standard InChI is InChI=1S/C49H32N4/c1-3-13-31(14-4-1)32-23-25-35(26-24-32)48-50-47(34-16-5-2-6-17-34)51-49(52-48)53-44-28-27-33-15-7-8-18-36(33)46(44)43-29-41-39-21-11-9-19-37(39)38-20-10-12-22-40(38)42(41)30-45(43)53/h1-10,12-20,22-30H,11,21H2. The lowest BCUT2D eigenvalue weighted by Crippen LogP contribution is -2.06. The highest BCUT2D eigenvalue weighted by Gasteiger charge is 2.22. The topological polar surface area (TPSA) is 43.6 Å². The predicted molar refractivity (Wildman–Crippen MR) is 220 cm³/mol. The van der Waals surface area contributed by atoms with Crippen molar-refractivity contribution in [1.82, 2.24) is 19.5 Å². The van der Waals surface area contributed by atoms with Crippen molar-refractivity contribution in [3.05, 3.63) is 175 Å². The molecule has 248 valence electrons. The first-order valence-electron chi connectivity index (χ1n) is 18.3. The summed E-state index contributed by atoms with van der Waals surface area (Å²) in [4.78, 5) is 15.7. The molecule has 4 nitrogen and oxygen atoms in total. The van der Waals surface area contributed by atoms with Crippen LogP contribution in [0.15, 0.2) is 164 Å². The minimum absolute atomic E-state index is 0.598. The summed E-state index contributed by atoms with van der Waals surface area (Å²) in [6, 6.07) is 56.0. The van der Waals surface area contributed by atoms with Crippen LogP contribution in [0.25, 0.3) is 100 Å². The summed E-state index contributed by atoms with van der Waals surface area (Å²) in [5, 5.41) is 9.98. The lowest BCUT2D eigenvalue weighted by atomic mass is 9.86. The van der Waals surface area contributed by atoms with Crippen LogP contribution in [0, 0.1) is 0 Å². The van der Waals surface area contributed by atoms with Gasteiger partial charge in [0, 0.05) is 21.9 Å². The Morgan fingerprint density at radius 2 is 1.06 bits per heavy atom. The van der Waals surface area contributed by atoms with Gasteiger partial charge in [-0.3, -0.25) is 4.57 Å². The van der Waals surface area contributed by atoms with Gasteiger partial charge < -0.3 is 0 Å². The lowest BCUT2D eigenvalue weighted by molar-refractivity contribution is 0.954. The fraction of sp³-hybridized carbons (Fsp3) is 0.0408. The lowest BCUT2D eigenvalue weighted by Gasteiger charge is -2.18. The highest BCUT2D eigenvalue weighted by Crippen LogP contribution is 2.43. The average Bonchev–Trinajstić information content (AvgIpc) is 3.57. The number of aromatic nitrogens is 4. The van der Waals surface area contributed by atoms with Crippen LogP contribution in [-0.4, -0.2) is 19.5 Å². The molecule has 1 aliphatic carbocycles. The fourth-order valence-corrected chi connectivity index (χ4v) is 8.42. The van der Waals surface area contributed by atoms with Gasteiger partial charge in [-0.2, -0.15) is 9.97 Å². The molecule has 53 heavy (non-hydrogen) atoms. The van der Waals surface area contributed by atoms with Gasteiger partial charge in [-0.15, -0.1) is 0 Å². The molecule has 0 fully saturated rings. The van der Waals surface area contributed by atoms with Gasteiger partial charge in [-0.05, 0) is 85.6 Å². The van der Waals surface area contributed by atoms with E-state index in [9.17, 15) is 0 Å². The normalized spacial score (nSPS) is 12.7. The first kappa shape index (κ1) is 29.8. The maximum Gasteiger partial charge on any atom is 0.238 e. The van der Waals surface area contributed by atoms with E-state index in [0.29, 0.717) is 17.6 Å². The molecule has 0 saturated carbocycles. The molecule has 0 radical (unpaired) electrons. The van der Waals surface area contributed by atoms with E-state index in [1.165, 1.54) is 59.8 Å². The van der Waals surface area contributed by atoms with Crippen LogP contribution >= 0.6 is 0 Å². The Labute approximate surface area is 306 Å². The van der Waals surface area contributed by atoms with Crippen molar-refractivity contribution in [3.63, 3.8) is 0 Å². The number of fused-ring (bicyclic) bond motifs is 11. The quantitative estimate of drug-likeness (QED) is 0.174. The van der Waals surface area contributed by atoms with Crippen LogP contribution in [-0.2, 0) is 6.42 Å². The maximum atomic E-state index is 5.30. The summed E-state index contributed by atoms with van der Waals surface area (Å²) < 4.78 is 2.26. The van der Waals surface area contributed by atoms with Crippen LogP contribution < -0.4 is 0 Å². The fourth-order valence-electron chi connectivity index (χ4n) is 8.42. The summed E-state index contributed by atoms with van der Waals surface area (Å²) >= 11 is 0. The molecule has 1 aliphatic rings. The van der Waals surface area contributed by atoms with Gasteiger partial charge in [-0.25, -0.2) is 4.98 Å². The third-order valence-electron chi connectivity index (χ3n) is 10.9. The average molecular weight is 677 g/mol. The van der Waals surface area contributed by atoms with Gasteiger partial charge >= 0.3 is 0 Å². The van der Waals surface area contributed by atoms with E-state index >= 15 is 0 Å². The summed E-state index contributed by atoms with van der Waals surface area (Å²) in [5.41, 5.74) is 9.14. The van der Waals surface area contributed by atoms with Crippen LogP contribution in [0.5, 0.6) is 0 Å². The number of rotatable bonds is 4. The number of hydrogen-bond acceptors (Lipinski definition) is 3. The number of allylic oxidation sites excluding steroid dienone is 1. The third-order valence-corrected chi connectivity index (χ3v) is 10.9. The van der Waals surface area contributed by atoms with Crippen molar-refractivity contribution in [2.24, 2.45) is 0 Å². The zero-order valence-electron chi connectivity index (χ0n) is 28.9. The molecule has 10 aromatic rings. The molecule has 0 spiro atoms. The maximum absolute atomic E-state index is 5.30. The summed E-state index contributed by atoms with van der Waals surface area (Å²) in [5.74, 6) is 1.87. The number of aryl methyl sites for hydroxylation is 1. The van der Waals surface area contributed by atoms with E-state index in [2.05, 4.69) is 150 Å². The highest BCUT2D eigenvalue weighted by atomic mass is 15.2. The monoisotopic (exact) mass is 676 g/mol. The Balaban J connectivity index is 1.24. The van der Waals surface area contributed by atoms with Gasteiger partial charge in [0.15, 0.2) is 11.6 Å². The Morgan fingerprint density at radius 3 is 1.83 bits per heavy atom. The number of benzene rings is 8. The van der Waals surface area contributed by atoms with Gasteiger partial charge in [0.2, 0.25) is 5.95 Å². The van der Waals surface area contributed by atoms with Crippen LogP contribution in [0.2, 0.25) is 0 Å². The van der Waals surface area contributed by atoms with Crippen LogP contribution in [0.1, 0.15) is 17.5 Å². The third kappa shape index (κ3) is 4.73. The smallest absolute Gasteiger partial charge is 0.238 e. The van der Waals surface area contributed by atoms with Crippen molar-refractivity contribution in [2.75, 3.05) is 0 Å². The summed E-state index contributed by atoms with van der Waals surface area (Å²) in [6.45, 7) is 0. The first-order valence-corrected chi connectivity index (χ1v) is 18.3. The molecule has 2 aromatic heterocycles. The molecular formula is C49H32N4. The molecule has 0 atom stereocenters. The molecule has 8 aromatic carbocycles. The SMILES string of the molecule is C1=Cc2c(c3cc4c5c6ccccc6ccc5n(-c5nc(-c6ccccc6)nc(-c6ccc(-c7ccccc7)cc6)n5)c4cc3c3ccccc23)CC1. The van der Waals surface area contributed by atoms with E-state index in [-0.39, 0.29) is 0 Å². The minimum Gasteiger partial charge on any atom is -0.278 e. The molecule has 0 aliphatic heterocycles. The molecule has 0 saturated heterocycles. The van der Waals surface area contributed by atoms with Gasteiger partial charge in [-0.1, -0.05) is 152 Å². The second-order valence-electron chi connectivity index (χ2n) is 13.9. The van der Waals surface area contributed by atoms with Crippen molar-refractivity contribution in [2.45, 2.75) is 12.8 Å². The second-order valence-corrected chi connectivity index (χ2v) is 13.9. The summed E-state index contributed by atoms with van der Waals surface area (Å²) in [7, 11) is 0. The Bertz CT molecular complexity index is 3090. The van der Waals surface area contributed by atoms with Gasteiger partial charge in [0.25, 0.3) is 0 Å². The van der Waals surface area contributed by atoms with E-state index in [1.54, 1.807) is 0 Å². The van der Waals surface area contributed by atoms with Crippen molar-refractivity contribution < 1.29 is 0 Å². The molecular weight excluding hydrogens is 645 g/mol. The van der Waals surface area contributed by atoms with Gasteiger partial charge in [0.1, 0.15) is 0 Å². The van der Waals surface area contributed by atoms with Gasteiger partial charge in [0.05, 0.1) is 11.0 Å². The van der Waals surface area contributed by atoms with E-state index in [4.69, 9.17) is 15.0 Å². The molecule has 0 N–H and O–H groups in total. The molecule has 0 amide bonds. The second kappa shape index (κ2) is 11.8. The van der Waals surface area contributed by atoms with Crippen molar-refractivity contribution >= 4 is 60.2 Å². The zero-order valence-corrected chi connectivity index (χ0v) is 28.9. The summed E-state index contributed by atoms with van der Waals surface area (Å²) in [6.07, 6.45) is 6.72. The molecule has 0 unspecified atom stereocenters. The first-order chi connectivity index (χ1) is 26.3. The largest absolute Gasteiger partial charge is 0.278 e. The van der Waals surface area contributed by atoms with Crippen LogP contribution in [0.4, 0.5) is 0 Å². The molecule has 2 heterocycles. The van der Waals surface area contributed by atoms with E-state index in [1.807, 2.05) is 24.3 Å². The predicted octanol–water partition coefficient (Wildman–Crippen LogP) is 12.4. The number of nitrogens with zero attached hydrogens (tertiary/aromatic N) is 4. The Hall–Kier alpha value is -6.91. The Kier molecular flexibility index (Phi) is 6.65. The van der Waals surface area contributed by atoms with Crippen LogP contribution in [0.3, 0.4) is 0 Å². The zero-order chi connectivity index (χ0) is 34.9. The molecule has 11 rings (SSSR count).